The molecule has 1 atom stereocenters. The molecular formula is C14H20BrNO5. The maximum Gasteiger partial charge on any atom is 0.332 e. The van der Waals surface area contributed by atoms with Crippen LogP contribution in [0.4, 0.5) is 0 Å². The molecule has 1 unspecified atom stereocenters. The zero-order valence-electron chi connectivity index (χ0n) is 12.3. The molecule has 0 saturated heterocycles. The van der Waals surface area contributed by atoms with Gasteiger partial charge in [-0.2, -0.15) is 0 Å². The largest absolute Gasteiger partial charge is 0.496 e. The SMILES string of the molecule is CCOC(=O)COCC(N)c1cc(OC)c(Br)cc1OC. The predicted molar refractivity (Wildman–Crippen MR) is 81.6 cm³/mol. The first kappa shape index (κ1) is 17.7. The molecule has 0 aliphatic rings. The van der Waals surface area contributed by atoms with Gasteiger partial charge in [0.15, 0.2) is 0 Å². The van der Waals surface area contributed by atoms with Gasteiger partial charge in [0.2, 0.25) is 0 Å². The summed E-state index contributed by atoms with van der Waals surface area (Å²) in [5.41, 5.74) is 6.81. The highest BCUT2D eigenvalue weighted by molar-refractivity contribution is 9.10. The van der Waals surface area contributed by atoms with Crippen molar-refractivity contribution in [3.8, 4) is 11.5 Å². The number of hydrogen-bond donors (Lipinski definition) is 1. The zero-order chi connectivity index (χ0) is 15.8. The van der Waals surface area contributed by atoms with E-state index in [0.717, 1.165) is 10.0 Å². The number of carbonyl (C=O) groups is 1. The number of hydrogen-bond acceptors (Lipinski definition) is 6. The first-order valence-electron chi connectivity index (χ1n) is 6.43. The fraction of sp³-hybridized carbons (Fsp3) is 0.500. The van der Waals surface area contributed by atoms with Crippen LogP contribution in [-0.4, -0.2) is 40.0 Å². The highest BCUT2D eigenvalue weighted by Gasteiger charge is 2.16. The van der Waals surface area contributed by atoms with Gasteiger partial charge in [0.1, 0.15) is 18.1 Å². The molecule has 1 rings (SSSR count). The molecule has 0 saturated carbocycles. The molecule has 6 nitrogen and oxygen atoms in total. The van der Waals surface area contributed by atoms with E-state index in [2.05, 4.69) is 15.9 Å². The van der Waals surface area contributed by atoms with Gasteiger partial charge in [0.05, 0.1) is 37.9 Å². The van der Waals surface area contributed by atoms with Crippen molar-refractivity contribution in [3.63, 3.8) is 0 Å². The Morgan fingerprint density at radius 3 is 2.52 bits per heavy atom. The Kier molecular flexibility index (Phi) is 7.49. The summed E-state index contributed by atoms with van der Waals surface area (Å²) in [7, 11) is 3.13. The van der Waals surface area contributed by atoms with E-state index in [0.29, 0.717) is 18.1 Å². The van der Waals surface area contributed by atoms with Crippen LogP contribution in [0.15, 0.2) is 16.6 Å². The molecule has 118 valence electrons. The molecule has 0 amide bonds. The molecule has 0 aliphatic carbocycles. The Morgan fingerprint density at radius 1 is 1.29 bits per heavy atom. The van der Waals surface area contributed by atoms with Crippen LogP contribution in [0.3, 0.4) is 0 Å². The molecule has 0 heterocycles. The zero-order valence-corrected chi connectivity index (χ0v) is 13.9. The van der Waals surface area contributed by atoms with Gasteiger partial charge in [-0.15, -0.1) is 0 Å². The maximum absolute atomic E-state index is 11.2. The summed E-state index contributed by atoms with van der Waals surface area (Å²) in [4.78, 5) is 11.2. The minimum Gasteiger partial charge on any atom is -0.496 e. The van der Waals surface area contributed by atoms with Crippen LogP contribution in [0.25, 0.3) is 0 Å². The molecule has 0 radical (unpaired) electrons. The fourth-order valence-corrected chi connectivity index (χ4v) is 2.22. The Bertz CT molecular complexity index is 481. The summed E-state index contributed by atoms with van der Waals surface area (Å²) < 4.78 is 21.3. The first-order valence-corrected chi connectivity index (χ1v) is 7.23. The molecule has 21 heavy (non-hydrogen) atoms. The predicted octanol–water partition coefficient (Wildman–Crippen LogP) is 2.05. The average Bonchev–Trinajstić information content (AvgIpc) is 2.46. The molecule has 0 aromatic heterocycles. The number of benzene rings is 1. The molecule has 7 heteroatoms. The minimum atomic E-state index is -0.448. The molecule has 0 spiro atoms. The summed E-state index contributed by atoms with van der Waals surface area (Å²) in [5.74, 6) is 0.853. The van der Waals surface area contributed by atoms with E-state index in [1.54, 1.807) is 33.3 Å². The van der Waals surface area contributed by atoms with Crippen LogP contribution >= 0.6 is 15.9 Å². The van der Waals surface area contributed by atoms with Crippen LogP contribution < -0.4 is 15.2 Å². The number of esters is 1. The number of carbonyl (C=O) groups excluding carboxylic acids is 1. The number of ether oxygens (including phenoxy) is 4. The number of methoxy groups -OCH3 is 2. The van der Waals surface area contributed by atoms with Gasteiger partial charge in [-0.1, -0.05) is 0 Å². The minimum absolute atomic E-state index is 0.127. The van der Waals surface area contributed by atoms with Gasteiger partial charge in [-0.3, -0.25) is 0 Å². The second-order valence-electron chi connectivity index (χ2n) is 4.16. The summed E-state index contributed by atoms with van der Waals surface area (Å²) in [6, 6.07) is 3.11. The topological polar surface area (TPSA) is 80.0 Å². The molecule has 1 aromatic rings. The molecule has 0 bridgehead atoms. The van der Waals surface area contributed by atoms with E-state index >= 15 is 0 Å². The lowest BCUT2D eigenvalue weighted by molar-refractivity contribution is -0.148. The Balaban J connectivity index is 2.72. The van der Waals surface area contributed by atoms with Gasteiger partial charge >= 0.3 is 5.97 Å². The Labute approximate surface area is 132 Å². The lowest BCUT2D eigenvalue weighted by atomic mass is 10.1. The molecule has 2 N–H and O–H groups in total. The van der Waals surface area contributed by atoms with Crippen molar-refractivity contribution in [3.05, 3.63) is 22.2 Å². The molecule has 1 aromatic carbocycles. The van der Waals surface area contributed by atoms with Gasteiger partial charge in [0, 0.05) is 5.56 Å². The first-order chi connectivity index (χ1) is 10.0. The molecule has 0 fully saturated rings. The van der Waals surface area contributed by atoms with Crippen molar-refractivity contribution in [1.29, 1.82) is 0 Å². The second kappa shape index (κ2) is 8.86. The number of nitrogens with two attached hydrogens (primary N) is 1. The number of halogens is 1. The summed E-state index contributed by atoms with van der Waals surface area (Å²) >= 11 is 3.38. The fourth-order valence-electron chi connectivity index (χ4n) is 1.74. The smallest absolute Gasteiger partial charge is 0.332 e. The third-order valence-electron chi connectivity index (χ3n) is 2.73. The lowest BCUT2D eigenvalue weighted by Crippen LogP contribution is -2.21. The van der Waals surface area contributed by atoms with Gasteiger partial charge in [-0.25, -0.2) is 4.79 Å². The van der Waals surface area contributed by atoms with E-state index in [-0.39, 0.29) is 13.2 Å². The average molecular weight is 362 g/mol. The van der Waals surface area contributed by atoms with Crippen LogP contribution in [0, 0.1) is 0 Å². The summed E-state index contributed by atoms with van der Waals surface area (Å²) in [5, 5.41) is 0. The van der Waals surface area contributed by atoms with Crippen molar-refractivity contribution in [1.82, 2.24) is 0 Å². The Morgan fingerprint density at radius 2 is 1.95 bits per heavy atom. The van der Waals surface area contributed by atoms with Crippen molar-refractivity contribution in [2.75, 3.05) is 34.0 Å². The molecule has 0 aliphatic heterocycles. The highest BCUT2D eigenvalue weighted by atomic mass is 79.9. The van der Waals surface area contributed by atoms with Crippen molar-refractivity contribution >= 4 is 21.9 Å². The monoisotopic (exact) mass is 361 g/mol. The maximum atomic E-state index is 11.2. The normalized spacial score (nSPS) is 11.9. The van der Waals surface area contributed by atoms with E-state index in [1.807, 2.05) is 0 Å². The summed E-state index contributed by atoms with van der Waals surface area (Å²) in [6.45, 7) is 2.10. The van der Waals surface area contributed by atoms with Crippen molar-refractivity contribution in [2.24, 2.45) is 5.73 Å². The van der Waals surface area contributed by atoms with Gasteiger partial charge in [-0.05, 0) is 35.0 Å². The molecular weight excluding hydrogens is 342 g/mol. The Hall–Kier alpha value is -1.31. The van der Waals surface area contributed by atoms with Gasteiger partial charge in [0.25, 0.3) is 0 Å². The quantitative estimate of drug-likeness (QED) is 0.713. The lowest BCUT2D eigenvalue weighted by Gasteiger charge is -2.17. The van der Waals surface area contributed by atoms with Crippen LogP contribution in [0.2, 0.25) is 0 Å². The van der Waals surface area contributed by atoms with E-state index in [1.165, 1.54) is 0 Å². The van der Waals surface area contributed by atoms with Crippen molar-refractivity contribution < 1.29 is 23.7 Å². The number of rotatable bonds is 8. The standard InChI is InChI=1S/C14H20BrNO5/c1-4-21-14(17)8-20-7-11(16)9-5-13(19-3)10(15)6-12(9)18-2/h5-6,11H,4,7-8,16H2,1-3H3. The summed E-state index contributed by atoms with van der Waals surface area (Å²) in [6.07, 6.45) is 0. The second-order valence-corrected chi connectivity index (χ2v) is 5.01. The third kappa shape index (κ3) is 5.18. The third-order valence-corrected chi connectivity index (χ3v) is 3.35. The van der Waals surface area contributed by atoms with Crippen LogP contribution in [-0.2, 0) is 14.3 Å². The van der Waals surface area contributed by atoms with E-state index in [4.69, 9.17) is 24.7 Å². The van der Waals surface area contributed by atoms with Gasteiger partial charge < -0.3 is 24.7 Å². The van der Waals surface area contributed by atoms with E-state index in [9.17, 15) is 4.79 Å². The van der Waals surface area contributed by atoms with Crippen molar-refractivity contribution in [2.45, 2.75) is 13.0 Å². The highest BCUT2D eigenvalue weighted by Crippen LogP contribution is 2.35. The van der Waals surface area contributed by atoms with Crippen LogP contribution in [0.1, 0.15) is 18.5 Å². The van der Waals surface area contributed by atoms with Crippen LogP contribution in [0.5, 0.6) is 11.5 Å². The van der Waals surface area contributed by atoms with E-state index < -0.39 is 12.0 Å².